The van der Waals surface area contributed by atoms with Crippen molar-refractivity contribution in [2.45, 2.75) is 13.3 Å². The van der Waals surface area contributed by atoms with Gasteiger partial charge in [0.05, 0.1) is 0 Å². The molecule has 0 saturated heterocycles. The van der Waals surface area contributed by atoms with E-state index >= 15 is 0 Å². The molecule has 1 aromatic heterocycles. The topological polar surface area (TPSA) is 80.0 Å². The van der Waals surface area contributed by atoms with Crippen molar-refractivity contribution >= 4 is 16.9 Å². The van der Waals surface area contributed by atoms with Crippen LogP contribution in [-0.4, -0.2) is 32.8 Å². The Hall–Kier alpha value is -2.11. The second-order valence-electron chi connectivity index (χ2n) is 3.44. The van der Waals surface area contributed by atoms with Gasteiger partial charge in [0, 0.05) is 12.1 Å². The monoisotopic (exact) mass is 220 g/mol. The van der Waals surface area contributed by atoms with Gasteiger partial charge >= 0.3 is 0 Å². The van der Waals surface area contributed by atoms with Gasteiger partial charge in [-0.15, -0.1) is 5.10 Å². The van der Waals surface area contributed by atoms with E-state index in [0.717, 1.165) is 6.42 Å². The molecule has 16 heavy (non-hydrogen) atoms. The second kappa shape index (κ2) is 4.18. The van der Waals surface area contributed by atoms with Crippen molar-refractivity contribution in [2.75, 3.05) is 6.54 Å². The molecular formula is C10H12N4O2. The number of carbonyl (C=O) groups excluding carboxylic acids is 1. The molecule has 0 saturated carbocycles. The van der Waals surface area contributed by atoms with E-state index in [0.29, 0.717) is 28.0 Å². The van der Waals surface area contributed by atoms with Crippen molar-refractivity contribution < 1.29 is 10.0 Å². The van der Waals surface area contributed by atoms with Crippen molar-refractivity contribution in [2.24, 2.45) is 0 Å². The van der Waals surface area contributed by atoms with Crippen LogP contribution in [0.2, 0.25) is 0 Å². The Labute approximate surface area is 91.8 Å². The lowest BCUT2D eigenvalue weighted by molar-refractivity contribution is 0.0953. The molecule has 1 aromatic carbocycles. The van der Waals surface area contributed by atoms with E-state index < -0.39 is 0 Å². The highest BCUT2D eigenvalue weighted by atomic mass is 16.5. The van der Waals surface area contributed by atoms with E-state index in [9.17, 15) is 10.0 Å². The van der Waals surface area contributed by atoms with Crippen LogP contribution in [0.4, 0.5) is 0 Å². The molecule has 84 valence electrons. The summed E-state index contributed by atoms with van der Waals surface area (Å²) in [6.45, 7) is 2.61. The maximum Gasteiger partial charge on any atom is 0.251 e. The Morgan fingerprint density at radius 1 is 1.56 bits per heavy atom. The SMILES string of the molecule is CCCNC(=O)c1ccc2nnn(O)c2c1. The van der Waals surface area contributed by atoms with Crippen LogP contribution in [0, 0.1) is 0 Å². The van der Waals surface area contributed by atoms with E-state index in [4.69, 9.17) is 0 Å². The van der Waals surface area contributed by atoms with E-state index in [-0.39, 0.29) is 5.91 Å². The molecule has 0 fully saturated rings. The Morgan fingerprint density at radius 3 is 3.12 bits per heavy atom. The number of benzene rings is 1. The van der Waals surface area contributed by atoms with E-state index in [2.05, 4.69) is 15.6 Å². The fourth-order valence-electron chi connectivity index (χ4n) is 1.39. The summed E-state index contributed by atoms with van der Waals surface area (Å²) in [5.41, 5.74) is 1.46. The summed E-state index contributed by atoms with van der Waals surface area (Å²) in [5.74, 6) is -0.162. The zero-order valence-corrected chi connectivity index (χ0v) is 8.84. The van der Waals surface area contributed by atoms with Gasteiger partial charge in [-0.2, -0.15) is 0 Å². The predicted molar refractivity (Wildman–Crippen MR) is 57.3 cm³/mol. The highest BCUT2D eigenvalue weighted by molar-refractivity contribution is 5.97. The van der Waals surface area contributed by atoms with Crippen LogP contribution in [-0.2, 0) is 0 Å². The van der Waals surface area contributed by atoms with Gasteiger partial charge in [0.25, 0.3) is 5.91 Å². The molecule has 2 N–H and O–H groups in total. The van der Waals surface area contributed by atoms with Gasteiger partial charge in [-0.3, -0.25) is 4.79 Å². The molecule has 0 atom stereocenters. The van der Waals surface area contributed by atoms with Gasteiger partial charge in [-0.25, -0.2) is 0 Å². The van der Waals surface area contributed by atoms with Crippen LogP contribution in [0.5, 0.6) is 0 Å². The molecule has 0 radical (unpaired) electrons. The first-order valence-electron chi connectivity index (χ1n) is 5.05. The molecule has 0 aliphatic rings. The van der Waals surface area contributed by atoms with Gasteiger partial charge in [0.15, 0.2) is 0 Å². The minimum absolute atomic E-state index is 0.162. The smallest absolute Gasteiger partial charge is 0.251 e. The molecule has 0 aliphatic carbocycles. The van der Waals surface area contributed by atoms with Crippen LogP contribution < -0.4 is 5.32 Å². The number of hydrogen-bond donors (Lipinski definition) is 2. The molecular weight excluding hydrogens is 208 g/mol. The lowest BCUT2D eigenvalue weighted by atomic mass is 10.2. The largest absolute Gasteiger partial charge is 0.410 e. The van der Waals surface area contributed by atoms with Crippen molar-refractivity contribution in [3.8, 4) is 0 Å². The lowest BCUT2D eigenvalue weighted by Crippen LogP contribution is -2.23. The van der Waals surface area contributed by atoms with Gasteiger partial charge < -0.3 is 10.5 Å². The van der Waals surface area contributed by atoms with Gasteiger partial charge in [0.1, 0.15) is 11.0 Å². The molecule has 0 spiro atoms. The van der Waals surface area contributed by atoms with E-state index in [1.54, 1.807) is 18.2 Å². The molecule has 6 nitrogen and oxygen atoms in total. The van der Waals surface area contributed by atoms with Gasteiger partial charge in [0.2, 0.25) is 0 Å². The van der Waals surface area contributed by atoms with Crippen molar-refractivity contribution in [1.82, 2.24) is 20.5 Å². The Morgan fingerprint density at radius 2 is 2.38 bits per heavy atom. The number of carbonyl (C=O) groups is 1. The Balaban J connectivity index is 2.31. The summed E-state index contributed by atoms with van der Waals surface area (Å²) in [6.07, 6.45) is 0.882. The van der Waals surface area contributed by atoms with Crippen LogP contribution in [0.3, 0.4) is 0 Å². The summed E-state index contributed by atoms with van der Waals surface area (Å²) in [6, 6.07) is 4.86. The fourth-order valence-corrected chi connectivity index (χ4v) is 1.39. The quantitative estimate of drug-likeness (QED) is 0.750. The van der Waals surface area contributed by atoms with Crippen LogP contribution >= 0.6 is 0 Å². The minimum Gasteiger partial charge on any atom is -0.410 e. The Kier molecular flexibility index (Phi) is 2.72. The summed E-state index contributed by atoms with van der Waals surface area (Å²) in [5, 5.41) is 19.2. The summed E-state index contributed by atoms with van der Waals surface area (Å²) >= 11 is 0. The first kappa shape index (κ1) is 10.4. The number of nitrogens with one attached hydrogen (secondary N) is 1. The third-order valence-electron chi connectivity index (χ3n) is 2.23. The zero-order chi connectivity index (χ0) is 11.5. The Bertz CT molecular complexity index is 521. The summed E-state index contributed by atoms with van der Waals surface area (Å²) < 4.78 is 0. The van der Waals surface area contributed by atoms with Crippen molar-refractivity contribution in [3.63, 3.8) is 0 Å². The highest BCUT2D eigenvalue weighted by Crippen LogP contribution is 2.12. The van der Waals surface area contributed by atoms with Crippen molar-refractivity contribution in [3.05, 3.63) is 23.8 Å². The number of fused-ring (bicyclic) bond motifs is 1. The highest BCUT2D eigenvalue weighted by Gasteiger charge is 2.09. The van der Waals surface area contributed by atoms with Crippen LogP contribution in [0.15, 0.2) is 18.2 Å². The number of aromatic nitrogens is 3. The standard InChI is InChI=1S/C10H12N4O2/c1-2-5-11-10(15)7-3-4-8-9(6-7)14(16)13-12-8/h3-4,6,16H,2,5H2,1H3,(H,11,15). The molecule has 1 amide bonds. The third kappa shape index (κ3) is 1.81. The van der Waals surface area contributed by atoms with E-state index in [1.165, 1.54) is 0 Å². The van der Waals surface area contributed by atoms with Crippen LogP contribution in [0.25, 0.3) is 11.0 Å². The maximum absolute atomic E-state index is 11.6. The molecule has 0 aliphatic heterocycles. The second-order valence-corrected chi connectivity index (χ2v) is 3.44. The average molecular weight is 220 g/mol. The van der Waals surface area contributed by atoms with Crippen LogP contribution in [0.1, 0.15) is 23.7 Å². The fraction of sp³-hybridized carbons (Fsp3) is 0.300. The molecule has 1 heterocycles. The third-order valence-corrected chi connectivity index (χ3v) is 2.23. The normalized spacial score (nSPS) is 10.6. The molecule has 0 bridgehead atoms. The average Bonchev–Trinajstić information content (AvgIpc) is 2.67. The number of hydrogen-bond acceptors (Lipinski definition) is 4. The summed E-state index contributed by atoms with van der Waals surface area (Å²) in [7, 11) is 0. The van der Waals surface area contributed by atoms with E-state index in [1.807, 2.05) is 6.92 Å². The number of rotatable bonds is 3. The maximum atomic E-state index is 11.6. The summed E-state index contributed by atoms with van der Waals surface area (Å²) in [4.78, 5) is 12.3. The molecule has 2 aromatic rings. The molecule has 6 heteroatoms. The minimum atomic E-state index is -0.162. The zero-order valence-electron chi connectivity index (χ0n) is 8.84. The predicted octanol–water partition coefficient (Wildman–Crippen LogP) is 0.808. The van der Waals surface area contributed by atoms with Gasteiger partial charge in [-0.1, -0.05) is 11.8 Å². The molecule has 0 unspecified atom stereocenters. The number of amides is 1. The lowest BCUT2D eigenvalue weighted by Gasteiger charge is -2.02. The number of nitrogens with zero attached hydrogens (tertiary/aromatic N) is 3. The first-order valence-corrected chi connectivity index (χ1v) is 5.05. The first-order chi connectivity index (χ1) is 7.72. The molecule has 2 rings (SSSR count). The van der Waals surface area contributed by atoms with Gasteiger partial charge in [-0.05, 0) is 29.8 Å². The van der Waals surface area contributed by atoms with Crippen molar-refractivity contribution in [1.29, 1.82) is 0 Å².